The summed E-state index contributed by atoms with van der Waals surface area (Å²) >= 11 is 0. The van der Waals surface area contributed by atoms with Gasteiger partial charge in [-0.2, -0.15) is 4.98 Å². The van der Waals surface area contributed by atoms with Gasteiger partial charge in [0.2, 0.25) is 52.9 Å². The van der Waals surface area contributed by atoms with Crippen molar-refractivity contribution in [1.82, 2.24) is 81.7 Å². The van der Waals surface area contributed by atoms with Crippen molar-refractivity contribution in [2.45, 2.75) is 153 Å². The first-order valence-electron chi connectivity index (χ1n) is 43.2. The van der Waals surface area contributed by atoms with E-state index in [2.05, 4.69) is 78.1 Å². The Bertz CT molecular complexity index is 5680. The van der Waals surface area contributed by atoms with E-state index in [1.807, 2.05) is 6.92 Å². The van der Waals surface area contributed by atoms with E-state index in [1.165, 1.54) is 47.4 Å². The van der Waals surface area contributed by atoms with Crippen LogP contribution in [0.4, 0.5) is 26.9 Å². The summed E-state index contributed by atoms with van der Waals surface area (Å²) in [5.74, 6) is -9.64. The largest absolute Gasteiger partial charge is 0.510 e. The lowest BCUT2D eigenvalue weighted by Gasteiger charge is -2.35. The van der Waals surface area contributed by atoms with Crippen LogP contribution in [0.5, 0.6) is 5.75 Å². The molecular formula is C86H108N22O27. The number of fused-ring (bicyclic) bond motifs is 6. The summed E-state index contributed by atoms with van der Waals surface area (Å²) in [7, 11) is 0. The van der Waals surface area contributed by atoms with E-state index in [4.69, 9.17) is 70.6 Å². The second-order valence-corrected chi connectivity index (χ2v) is 30.9. The van der Waals surface area contributed by atoms with E-state index in [-0.39, 0.29) is 227 Å². The molecule has 724 valence electrons. The third-order valence-electron chi connectivity index (χ3n) is 21.2. The Labute approximate surface area is 769 Å². The molecule has 3 aromatic carbocycles. The number of hydrogen-bond donors (Lipinski definition) is 17. The highest BCUT2D eigenvalue weighted by molar-refractivity contribution is 5.99. The number of amides is 10. The number of carboxylic acids is 2. The van der Waals surface area contributed by atoms with Gasteiger partial charge in [0.25, 0.3) is 11.5 Å². The van der Waals surface area contributed by atoms with Crippen molar-refractivity contribution in [3.63, 3.8) is 0 Å². The maximum Gasteiger partial charge on any atom is 0.510 e. The topological polar surface area (TPSA) is 715 Å². The molecule has 0 bridgehead atoms. The van der Waals surface area contributed by atoms with Crippen molar-refractivity contribution in [2.24, 2.45) is 17.2 Å². The smallest absolute Gasteiger partial charge is 0.508 e. The van der Waals surface area contributed by atoms with Crippen LogP contribution in [0, 0.1) is 0 Å². The molecule has 0 unspecified atom stereocenters. The lowest BCUT2D eigenvalue weighted by Crippen LogP contribution is -2.56. The van der Waals surface area contributed by atoms with Crippen molar-refractivity contribution < 1.29 is 120 Å². The number of pyridine rings is 2. The summed E-state index contributed by atoms with van der Waals surface area (Å²) in [5.41, 5.74) is 24.8. The highest BCUT2D eigenvalue weighted by atomic mass is 16.7. The number of H-pyrrole nitrogens is 1. The number of urea groups is 1. The van der Waals surface area contributed by atoms with Gasteiger partial charge in [-0.25, -0.2) is 38.8 Å². The van der Waals surface area contributed by atoms with Gasteiger partial charge >= 0.3 is 35.7 Å². The number of hydrogen-bond acceptors (Lipinski definition) is 34. The summed E-state index contributed by atoms with van der Waals surface area (Å²) in [4.78, 5) is 212. The number of cyclic esters (lactones) is 1. The van der Waals surface area contributed by atoms with Gasteiger partial charge in [0.05, 0.1) is 138 Å². The molecule has 8 aromatic rings. The van der Waals surface area contributed by atoms with Crippen LogP contribution in [-0.4, -0.2) is 266 Å². The zero-order valence-electron chi connectivity index (χ0n) is 73.9. The van der Waals surface area contributed by atoms with Gasteiger partial charge in [-0.15, -0.1) is 5.10 Å². The van der Waals surface area contributed by atoms with Gasteiger partial charge < -0.3 is 138 Å². The Balaban J connectivity index is 0.538. The first-order chi connectivity index (χ1) is 64.9. The highest BCUT2D eigenvalue weighted by Gasteiger charge is 2.51. The number of nitrogen functional groups attached to an aromatic ring is 1. The molecule has 21 N–H and O–H groups in total. The Morgan fingerprint density at radius 1 is 0.652 bits per heavy atom. The third kappa shape index (κ3) is 30.4. The van der Waals surface area contributed by atoms with E-state index < -0.39 is 144 Å². The first kappa shape index (κ1) is 102. The van der Waals surface area contributed by atoms with E-state index in [1.54, 1.807) is 54.0 Å². The number of phenols is 1. The molecule has 49 nitrogen and oxygen atoms in total. The molecule has 0 spiro atoms. The fourth-order valence-electron chi connectivity index (χ4n) is 14.3. The molecular weight excluding hydrogens is 1770 g/mol. The van der Waals surface area contributed by atoms with Gasteiger partial charge in [0.1, 0.15) is 56.3 Å². The van der Waals surface area contributed by atoms with E-state index in [0.717, 1.165) is 16.5 Å². The average molecular weight is 1880 g/mol. The number of benzene rings is 3. The maximum atomic E-state index is 14.2. The van der Waals surface area contributed by atoms with Crippen LogP contribution in [0.15, 0.2) is 94.8 Å². The van der Waals surface area contributed by atoms with E-state index in [9.17, 15) is 87.2 Å². The number of esters is 1. The van der Waals surface area contributed by atoms with Crippen LogP contribution in [-0.2, 0) is 142 Å². The first-order valence-corrected chi connectivity index (χ1v) is 43.2. The number of aromatic hydroxyl groups is 1. The number of aryl methyl sites for hydroxylation is 1. The molecule has 49 heteroatoms. The van der Waals surface area contributed by atoms with Crippen LogP contribution in [0.2, 0.25) is 0 Å². The second-order valence-electron chi connectivity index (χ2n) is 30.9. The monoisotopic (exact) mass is 1880 g/mol. The molecule has 6 atom stereocenters. The lowest BCUT2D eigenvalue weighted by atomic mass is 9.85. The van der Waals surface area contributed by atoms with Crippen molar-refractivity contribution >= 4 is 117 Å². The van der Waals surface area contributed by atoms with Crippen molar-refractivity contribution in [1.29, 1.82) is 0 Å². The minimum atomic E-state index is -2.05. The summed E-state index contributed by atoms with van der Waals surface area (Å²) in [6.45, 7) is 4.76. The summed E-state index contributed by atoms with van der Waals surface area (Å²) in [6, 6.07) is 11.0. The molecule has 2 aliphatic heterocycles. The number of primary amides is 2. The van der Waals surface area contributed by atoms with Crippen molar-refractivity contribution in [3.8, 4) is 17.1 Å². The van der Waals surface area contributed by atoms with Crippen LogP contribution in [0.3, 0.4) is 0 Å². The van der Waals surface area contributed by atoms with Gasteiger partial charge in [-0.1, -0.05) is 31.2 Å². The number of unbranched alkanes of at least 4 members (excludes halogenated alkanes) is 1. The zero-order chi connectivity index (χ0) is 97.1. The van der Waals surface area contributed by atoms with Gasteiger partial charge in [-0.3, -0.25) is 52.7 Å². The second kappa shape index (κ2) is 50.7. The quantitative estimate of drug-likeness (QED) is 0.0162. The number of phenolic OH excluding ortho intramolecular Hbond substituents is 1. The number of carboxylic acid groups (broad SMARTS) is 2. The minimum absolute atomic E-state index is 0.000504. The number of aromatic amines is 1. The third-order valence-corrected chi connectivity index (χ3v) is 21.2. The van der Waals surface area contributed by atoms with Crippen LogP contribution >= 0.6 is 0 Å². The zero-order valence-corrected chi connectivity index (χ0v) is 73.9. The molecule has 10 amide bonds. The summed E-state index contributed by atoms with van der Waals surface area (Å²) < 4.78 is 52.8. The van der Waals surface area contributed by atoms with Crippen LogP contribution in [0.1, 0.15) is 121 Å². The van der Waals surface area contributed by atoms with Gasteiger partial charge in [0.15, 0.2) is 11.2 Å². The number of nitrogens with one attached hydrogen (secondary N) is 10. The Morgan fingerprint density at radius 3 is 2.00 bits per heavy atom. The molecule has 5 aromatic heterocycles. The number of nitrogens with two attached hydrogens (primary N) is 4. The normalized spacial score (nSPS) is 14.1. The number of carbonyl (C=O) groups is 13. The molecule has 135 heavy (non-hydrogen) atoms. The predicted octanol–water partition coefficient (Wildman–Crippen LogP) is -0.942. The van der Waals surface area contributed by atoms with E-state index in [0.29, 0.717) is 40.3 Å². The number of ether oxygens (including phenoxy) is 9. The van der Waals surface area contributed by atoms with E-state index >= 15 is 0 Å². The van der Waals surface area contributed by atoms with Crippen LogP contribution in [0.25, 0.3) is 33.5 Å². The van der Waals surface area contributed by atoms with Crippen LogP contribution < -0.4 is 81.9 Å². The Kier molecular flexibility index (Phi) is 38.5. The Hall–Kier alpha value is -14.8. The van der Waals surface area contributed by atoms with Gasteiger partial charge in [-0.05, 0) is 123 Å². The fourth-order valence-corrected chi connectivity index (χ4v) is 14.3. The number of anilines is 3. The standard InChI is InChI=1S/C86H108N22O27/c1-3-55-56-37-54(109)18-19-61(56)99-71-57(55)43-108-66(71)38-59-58(80(108)121)45-133-82(124)86(59,4-2)135-85(126)134-44-48-10-14-51(15-11-48)97-77(118)63(9-7-23-93-84(90)125)98-69(112)47-132-46-68(111)92-24-26-127-28-30-129-32-34-131-35-33-130-31-29-128-27-25-107-42-52(105-106-107)36-65(102-76(117)60(87)39-70(113)114)78(119)100-62(73(88)115)8-5-6-22-91-67(110)21-20-64(81(122)123)101-75(116)49-12-16-50(17-13-49)94-40-53-41-95-74-72(96-53)79(120)104-83(89)103-74/h10-19,37-38,41-42,60,62-65,94,109H,3-9,20-36,39-40,43-47,87H2,1-2H3,(H2,88,115)(H,91,110)(H,92,111)(H,97,118)(H,98,112)(H,100,119)(H,101,116)(H,102,117)(H,113,114)(H,122,123)(H3,90,93,125)(H3,89,95,103,104,120)/t60-,62-,63-,64-,65-,86-/m0/s1. The lowest BCUT2D eigenvalue weighted by molar-refractivity contribution is -0.175. The molecule has 0 saturated heterocycles. The molecule has 0 radical (unpaired) electrons. The summed E-state index contributed by atoms with van der Waals surface area (Å²) in [6.07, 6.45) is 1.30. The van der Waals surface area contributed by atoms with Crippen molar-refractivity contribution in [3.05, 3.63) is 151 Å². The van der Waals surface area contributed by atoms with Crippen molar-refractivity contribution in [2.75, 3.05) is 115 Å². The summed E-state index contributed by atoms with van der Waals surface area (Å²) in [5, 5.41) is 61.6. The molecule has 7 heterocycles. The number of aromatic nitrogens is 9. The average Bonchev–Trinajstić information content (AvgIpc) is 1.53. The molecule has 0 fully saturated rings. The number of aliphatic carboxylic acids is 2. The minimum Gasteiger partial charge on any atom is -0.508 e. The number of nitrogens with zero attached hydrogens (tertiary/aromatic N) is 8. The Morgan fingerprint density at radius 2 is 1.32 bits per heavy atom. The SMILES string of the molecule is CCc1c2c(nc3ccc(O)cc13)-c1cc3c(c(=O)n1C2)COC(=O)[C@@]3(CC)OC(=O)OCc1ccc(NC(=O)[C@H](CCCNC(N)=O)NC(=O)COCC(=O)NCCOCCOCCOCCOCCOCCn2cc(C[C@H](NC(=O)[C@@H](N)CC(=O)O)C(=O)N[C@@H](CCCCNC(=O)CC[C@H](NC(=O)c3ccc(NCc4cnc5[nH]c(N)nc(=O)c5n4)cc3)C(=O)O)C(N)=O)nn2)cc1. The molecule has 2 aliphatic rings. The fraction of sp³-hybridized carbons (Fsp3) is 0.453. The number of rotatable bonds is 57. The molecule has 10 rings (SSSR count). The molecule has 0 aliphatic carbocycles. The number of carbonyl (C=O) groups excluding carboxylic acids is 11. The predicted molar refractivity (Wildman–Crippen MR) is 474 cm³/mol. The van der Waals surface area contributed by atoms with Gasteiger partial charge in [0, 0.05) is 72.1 Å². The maximum absolute atomic E-state index is 14.2. The highest BCUT2D eigenvalue weighted by Crippen LogP contribution is 2.43. The molecule has 0 saturated carbocycles.